The number of rotatable bonds is 8. The highest BCUT2D eigenvalue weighted by Crippen LogP contribution is 2.34. The minimum Gasteiger partial charge on any atom is -0.396 e. The SMILES string of the molecule is Cc1cc(C)cc(CNC(=O)c2c(-c3ccc(Cl)c(Cl)c3)c3cccnc3c(=O)n2CCC(C)CO)c1. The number of aryl methyl sites for hydroxylation is 2. The first kappa shape index (κ1) is 26.9. The highest BCUT2D eigenvalue weighted by molar-refractivity contribution is 6.42. The van der Waals surface area contributed by atoms with E-state index in [1.807, 2.05) is 32.9 Å². The molecule has 0 radical (unpaired) electrons. The number of nitrogens with one attached hydrogen (secondary N) is 1. The Bertz CT molecular complexity index is 1510. The zero-order valence-electron chi connectivity index (χ0n) is 21.0. The monoisotopic (exact) mass is 537 g/mol. The third kappa shape index (κ3) is 5.87. The summed E-state index contributed by atoms with van der Waals surface area (Å²) in [6.45, 7) is 6.44. The fourth-order valence-electron chi connectivity index (χ4n) is 4.54. The van der Waals surface area contributed by atoms with E-state index < -0.39 is 0 Å². The Balaban J connectivity index is 1.92. The van der Waals surface area contributed by atoms with E-state index in [1.54, 1.807) is 36.5 Å². The first-order chi connectivity index (χ1) is 17.7. The van der Waals surface area contributed by atoms with Gasteiger partial charge in [0, 0.05) is 36.8 Å². The molecular weight excluding hydrogens is 509 g/mol. The molecule has 0 aliphatic rings. The molecule has 0 aliphatic carbocycles. The second-order valence-corrected chi connectivity index (χ2v) is 10.3. The van der Waals surface area contributed by atoms with Gasteiger partial charge in [-0.05, 0) is 55.5 Å². The van der Waals surface area contributed by atoms with Crippen molar-refractivity contribution >= 4 is 40.0 Å². The average molecular weight is 538 g/mol. The van der Waals surface area contributed by atoms with E-state index in [0.29, 0.717) is 39.5 Å². The van der Waals surface area contributed by atoms with Crippen molar-refractivity contribution in [3.8, 4) is 11.1 Å². The molecule has 0 spiro atoms. The lowest BCUT2D eigenvalue weighted by atomic mass is 9.97. The van der Waals surface area contributed by atoms with Gasteiger partial charge in [-0.15, -0.1) is 0 Å². The molecule has 0 bridgehead atoms. The summed E-state index contributed by atoms with van der Waals surface area (Å²) in [5, 5.41) is 13.9. The van der Waals surface area contributed by atoms with E-state index in [4.69, 9.17) is 23.2 Å². The molecule has 2 N–H and O–H groups in total. The molecule has 0 saturated carbocycles. The first-order valence-corrected chi connectivity index (χ1v) is 12.9. The number of nitrogens with zero attached hydrogens (tertiary/aromatic N) is 2. The number of aliphatic hydroxyl groups excluding tert-OH is 1. The maximum atomic E-state index is 13.9. The van der Waals surface area contributed by atoms with Crippen LogP contribution >= 0.6 is 23.2 Å². The van der Waals surface area contributed by atoms with Crippen LogP contribution in [0.3, 0.4) is 0 Å². The predicted molar refractivity (Wildman–Crippen MR) is 149 cm³/mol. The van der Waals surface area contributed by atoms with Crippen molar-refractivity contribution in [3.05, 3.63) is 97.5 Å². The average Bonchev–Trinajstić information content (AvgIpc) is 2.87. The Morgan fingerprint density at radius 3 is 2.49 bits per heavy atom. The Hall–Kier alpha value is -3.19. The molecule has 192 valence electrons. The lowest BCUT2D eigenvalue weighted by Gasteiger charge is -2.20. The van der Waals surface area contributed by atoms with Gasteiger partial charge in [0.15, 0.2) is 0 Å². The number of halogens is 2. The van der Waals surface area contributed by atoms with Crippen LogP contribution in [0.5, 0.6) is 0 Å². The Kier molecular flexibility index (Phi) is 8.32. The third-order valence-electron chi connectivity index (χ3n) is 6.35. The molecule has 0 saturated heterocycles. The molecule has 37 heavy (non-hydrogen) atoms. The van der Waals surface area contributed by atoms with Crippen molar-refractivity contribution in [2.75, 3.05) is 6.61 Å². The summed E-state index contributed by atoms with van der Waals surface area (Å²) in [6.07, 6.45) is 2.07. The summed E-state index contributed by atoms with van der Waals surface area (Å²) >= 11 is 12.6. The molecule has 2 aromatic carbocycles. The number of carbonyl (C=O) groups excluding carboxylic acids is 1. The highest BCUT2D eigenvalue weighted by Gasteiger charge is 2.24. The summed E-state index contributed by atoms with van der Waals surface area (Å²) in [7, 11) is 0. The van der Waals surface area contributed by atoms with Crippen molar-refractivity contribution < 1.29 is 9.90 Å². The molecule has 1 atom stereocenters. The van der Waals surface area contributed by atoms with Crippen LogP contribution in [0.4, 0.5) is 0 Å². The number of aliphatic hydroxyl groups is 1. The van der Waals surface area contributed by atoms with Crippen LogP contribution in [0, 0.1) is 19.8 Å². The van der Waals surface area contributed by atoms with Crippen LogP contribution in [-0.4, -0.2) is 27.2 Å². The van der Waals surface area contributed by atoms with E-state index in [0.717, 1.165) is 16.7 Å². The summed E-state index contributed by atoms with van der Waals surface area (Å²) in [5.74, 6) is -0.439. The normalized spacial score (nSPS) is 12.1. The van der Waals surface area contributed by atoms with Crippen LogP contribution < -0.4 is 10.9 Å². The molecule has 6 nitrogen and oxygen atoms in total. The number of amides is 1. The molecule has 4 aromatic rings. The summed E-state index contributed by atoms with van der Waals surface area (Å²) in [6, 6.07) is 14.8. The van der Waals surface area contributed by atoms with Gasteiger partial charge in [0.1, 0.15) is 11.2 Å². The lowest BCUT2D eigenvalue weighted by molar-refractivity contribution is 0.0940. The number of carbonyl (C=O) groups is 1. The number of pyridine rings is 2. The number of hydrogen-bond donors (Lipinski definition) is 2. The third-order valence-corrected chi connectivity index (χ3v) is 7.09. The van der Waals surface area contributed by atoms with Gasteiger partial charge >= 0.3 is 0 Å². The van der Waals surface area contributed by atoms with Crippen molar-refractivity contribution in [2.24, 2.45) is 5.92 Å². The van der Waals surface area contributed by atoms with E-state index in [9.17, 15) is 14.7 Å². The number of benzene rings is 2. The summed E-state index contributed by atoms with van der Waals surface area (Å²) < 4.78 is 1.47. The molecule has 0 fully saturated rings. The van der Waals surface area contributed by atoms with Crippen LogP contribution in [-0.2, 0) is 13.1 Å². The molecular formula is C29H29Cl2N3O3. The topological polar surface area (TPSA) is 84.2 Å². The maximum absolute atomic E-state index is 13.9. The fourth-order valence-corrected chi connectivity index (χ4v) is 4.84. The summed E-state index contributed by atoms with van der Waals surface area (Å²) in [4.78, 5) is 31.9. The first-order valence-electron chi connectivity index (χ1n) is 12.1. The van der Waals surface area contributed by atoms with Crippen LogP contribution in [0.2, 0.25) is 10.0 Å². The van der Waals surface area contributed by atoms with Gasteiger partial charge in [0.25, 0.3) is 11.5 Å². The van der Waals surface area contributed by atoms with E-state index in [-0.39, 0.29) is 41.7 Å². The highest BCUT2D eigenvalue weighted by atomic mass is 35.5. The number of hydrogen-bond acceptors (Lipinski definition) is 4. The van der Waals surface area contributed by atoms with Crippen molar-refractivity contribution in [1.82, 2.24) is 14.9 Å². The Morgan fingerprint density at radius 2 is 1.81 bits per heavy atom. The smallest absolute Gasteiger partial charge is 0.277 e. The number of fused-ring (bicyclic) bond motifs is 1. The van der Waals surface area contributed by atoms with Crippen LogP contribution in [0.15, 0.2) is 59.5 Å². The van der Waals surface area contributed by atoms with Gasteiger partial charge in [-0.1, -0.05) is 71.6 Å². The Labute approximate surface area is 225 Å². The minimum absolute atomic E-state index is 0.0194. The largest absolute Gasteiger partial charge is 0.396 e. The molecule has 4 rings (SSSR count). The second kappa shape index (κ2) is 11.5. The van der Waals surface area contributed by atoms with Crippen LogP contribution in [0.25, 0.3) is 22.0 Å². The van der Waals surface area contributed by atoms with Gasteiger partial charge < -0.3 is 15.0 Å². The van der Waals surface area contributed by atoms with Crippen molar-refractivity contribution in [2.45, 2.75) is 40.3 Å². The molecule has 2 aromatic heterocycles. The Morgan fingerprint density at radius 1 is 1.08 bits per heavy atom. The van der Waals surface area contributed by atoms with E-state index >= 15 is 0 Å². The second-order valence-electron chi connectivity index (χ2n) is 9.46. The summed E-state index contributed by atoms with van der Waals surface area (Å²) in [5.41, 5.74) is 4.49. The molecule has 0 aliphatic heterocycles. The predicted octanol–water partition coefficient (Wildman–Crippen LogP) is 5.94. The molecule has 8 heteroatoms. The molecule has 2 heterocycles. The van der Waals surface area contributed by atoms with Gasteiger partial charge in [0.05, 0.1) is 10.0 Å². The molecule has 1 unspecified atom stereocenters. The van der Waals surface area contributed by atoms with E-state index in [2.05, 4.69) is 16.4 Å². The quantitative estimate of drug-likeness (QED) is 0.291. The fraction of sp³-hybridized carbons (Fsp3) is 0.276. The van der Waals surface area contributed by atoms with E-state index in [1.165, 1.54) is 4.57 Å². The lowest BCUT2D eigenvalue weighted by Crippen LogP contribution is -2.34. The van der Waals surface area contributed by atoms with Crippen molar-refractivity contribution in [3.63, 3.8) is 0 Å². The van der Waals surface area contributed by atoms with Gasteiger partial charge in [-0.3, -0.25) is 14.6 Å². The standard InChI is InChI=1S/C29H29Cl2N3O3/c1-17(16-35)8-10-34-27(28(36)33-15-20-12-18(2)11-19(3)13-20)25(21-6-7-23(30)24(31)14-21)22-5-4-9-32-26(22)29(34)37/h4-7,9,11-14,17,35H,8,10,15-16H2,1-3H3,(H,33,36). The van der Waals surface area contributed by atoms with Gasteiger partial charge in [0.2, 0.25) is 0 Å². The van der Waals surface area contributed by atoms with Crippen molar-refractivity contribution in [1.29, 1.82) is 0 Å². The maximum Gasteiger partial charge on any atom is 0.277 e. The zero-order chi connectivity index (χ0) is 26.7. The molecule has 1 amide bonds. The van der Waals surface area contributed by atoms with Crippen LogP contribution in [0.1, 0.15) is 40.5 Å². The van der Waals surface area contributed by atoms with Gasteiger partial charge in [-0.25, -0.2) is 0 Å². The number of aromatic nitrogens is 2. The minimum atomic E-state index is -0.389. The zero-order valence-corrected chi connectivity index (χ0v) is 22.5. The van der Waals surface area contributed by atoms with Gasteiger partial charge in [-0.2, -0.15) is 0 Å².